The van der Waals surface area contributed by atoms with Crippen molar-refractivity contribution in [3.05, 3.63) is 65.3 Å². The number of nitrogens with one attached hydrogen (secondary N) is 4. The average molecular weight is 740 g/mol. The van der Waals surface area contributed by atoms with Crippen LogP contribution in [-0.4, -0.2) is 41.2 Å². The van der Waals surface area contributed by atoms with Crippen molar-refractivity contribution in [3.8, 4) is 10.4 Å². The van der Waals surface area contributed by atoms with Gasteiger partial charge in [-0.1, -0.05) is 59.0 Å². The van der Waals surface area contributed by atoms with Crippen LogP contribution in [-0.2, 0) is 21.3 Å². The van der Waals surface area contributed by atoms with Crippen LogP contribution in [0.2, 0.25) is 0 Å². The standard InChI is InChI=1S/C30H38IN5O5S2/c1-19(31)34-29(38)41-23-13-10-21(11-14-23)27-32-18-25(42-27)24-15-12-22(16-26(24)43(39,40)36-30(2,3)4)35-28(37)33-17-20-8-6-5-7-9-20/h5-9,12,15-16,18-19,21,23,36H,10-11,13-14,17H2,1-4H3,(H,34,38)(H2,33,35,37). The van der Waals surface area contributed by atoms with Crippen molar-refractivity contribution in [1.82, 2.24) is 20.3 Å². The van der Waals surface area contributed by atoms with E-state index in [9.17, 15) is 18.0 Å². The summed E-state index contributed by atoms with van der Waals surface area (Å²) in [6.45, 7) is 7.55. The van der Waals surface area contributed by atoms with Gasteiger partial charge in [0, 0.05) is 35.4 Å². The highest BCUT2D eigenvalue weighted by molar-refractivity contribution is 14.1. The fraction of sp³-hybridized carbons (Fsp3) is 0.433. The molecule has 0 spiro atoms. The minimum Gasteiger partial charge on any atom is -0.446 e. The number of amides is 3. The lowest BCUT2D eigenvalue weighted by Gasteiger charge is -2.27. The van der Waals surface area contributed by atoms with Crippen LogP contribution in [0.1, 0.15) is 69.9 Å². The first-order chi connectivity index (χ1) is 20.3. The van der Waals surface area contributed by atoms with Gasteiger partial charge in [0.05, 0.1) is 18.8 Å². The summed E-state index contributed by atoms with van der Waals surface area (Å²) in [7, 11) is -3.95. The monoisotopic (exact) mass is 739 g/mol. The van der Waals surface area contributed by atoms with Gasteiger partial charge < -0.3 is 20.7 Å². The quantitative estimate of drug-likeness (QED) is 0.109. The number of hydrogen-bond donors (Lipinski definition) is 4. The molecule has 0 bridgehead atoms. The highest BCUT2D eigenvalue weighted by Gasteiger charge is 2.29. The zero-order valence-corrected chi connectivity index (χ0v) is 28.4. The number of ether oxygens (including phenoxy) is 1. The molecule has 3 amide bonds. The molecule has 10 nitrogen and oxygen atoms in total. The van der Waals surface area contributed by atoms with Crippen molar-refractivity contribution in [3.63, 3.8) is 0 Å². The van der Waals surface area contributed by atoms with Gasteiger partial charge in [-0.15, -0.1) is 11.3 Å². The van der Waals surface area contributed by atoms with E-state index in [4.69, 9.17) is 4.74 Å². The van der Waals surface area contributed by atoms with Gasteiger partial charge in [-0.2, -0.15) is 0 Å². The lowest BCUT2D eigenvalue weighted by atomic mass is 9.88. The summed E-state index contributed by atoms with van der Waals surface area (Å²) in [5.74, 6) is 0.201. The van der Waals surface area contributed by atoms with Crippen molar-refractivity contribution < 1.29 is 22.7 Å². The number of aromatic nitrogens is 1. The largest absolute Gasteiger partial charge is 0.446 e. The second kappa shape index (κ2) is 14.4. The Kier molecular flexibility index (Phi) is 11.1. The van der Waals surface area contributed by atoms with Gasteiger partial charge in [-0.25, -0.2) is 27.7 Å². The van der Waals surface area contributed by atoms with E-state index in [0.29, 0.717) is 17.8 Å². The molecule has 0 radical (unpaired) electrons. The summed E-state index contributed by atoms with van der Waals surface area (Å²) in [5, 5.41) is 9.22. The topological polar surface area (TPSA) is 139 Å². The number of halogens is 1. The highest BCUT2D eigenvalue weighted by atomic mass is 127. The minimum atomic E-state index is -3.95. The Morgan fingerprint density at radius 3 is 2.44 bits per heavy atom. The van der Waals surface area contributed by atoms with Gasteiger partial charge >= 0.3 is 12.1 Å². The number of rotatable bonds is 9. The molecule has 0 saturated heterocycles. The summed E-state index contributed by atoms with van der Waals surface area (Å²) in [6, 6.07) is 14.0. The molecule has 13 heteroatoms. The van der Waals surface area contributed by atoms with Gasteiger partial charge in [0.2, 0.25) is 10.0 Å². The van der Waals surface area contributed by atoms with E-state index >= 15 is 0 Å². The lowest BCUT2D eigenvalue weighted by Crippen LogP contribution is -2.40. The molecule has 0 aliphatic heterocycles. The van der Waals surface area contributed by atoms with Crippen molar-refractivity contribution in [2.24, 2.45) is 0 Å². The molecule has 2 aromatic carbocycles. The third-order valence-electron chi connectivity index (χ3n) is 6.67. The molecule has 1 heterocycles. The fourth-order valence-electron chi connectivity index (χ4n) is 4.81. The molecular formula is C30H38IN5O5S2. The third-order valence-corrected chi connectivity index (χ3v) is 9.97. The van der Waals surface area contributed by atoms with Crippen molar-refractivity contribution in [1.29, 1.82) is 0 Å². The average Bonchev–Trinajstić information content (AvgIpc) is 3.41. The molecule has 43 heavy (non-hydrogen) atoms. The first-order valence-electron chi connectivity index (χ1n) is 14.1. The molecule has 1 fully saturated rings. The van der Waals surface area contributed by atoms with E-state index in [1.165, 1.54) is 17.4 Å². The second-order valence-electron chi connectivity index (χ2n) is 11.6. The predicted octanol–water partition coefficient (Wildman–Crippen LogP) is 6.74. The number of nitrogens with zero attached hydrogens (tertiary/aromatic N) is 1. The summed E-state index contributed by atoms with van der Waals surface area (Å²) in [6.07, 6.45) is 4.31. The maximum absolute atomic E-state index is 13.6. The Balaban J connectivity index is 1.50. The van der Waals surface area contributed by atoms with Gasteiger partial charge in [0.25, 0.3) is 0 Å². The van der Waals surface area contributed by atoms with Crippen LogP contribution < -0.4 is 20.7 Å². The van der Waals surface area contributed by atoms with E-state index < -0.39 is 27.7 Å². The normalized spacial score (nSPS) is 18.0. The zero-order valence-electron chi connectivity index (χ0n) is 24.6. The first-order valence-corrected chi connectivity index (χ1v) is 17.7. The lowest BCUT2D eigenvalue weighted by molar-refractivity contribution is 0.0715. The van der Waals surface area contributed by atoms with Gasteiger partial charge in [0.1, 0.15) is 6.10 Å². The number of benzene rings is 2. The summed E-state index contributed by atoms with van der Waals surface area (Å²) in [4.78, 5) is 30.0. The number of hydrogen-bond acceptors (Lipinski definition) is 7. The molecular weight excluding hydrogens is 701 g/mol. The number of anilines is 1. The van der Waals surface area contributed by atoms with Gasteiger partial charge in [-0.05, 0) is 71.1 Å². The smallest absolute Gasteiger partial charge is 0.408 e. The van der Waals surface area contributed by atoms with Gasteiger partial charge in [-0.3, -0.25) is 0 Å². The molecule has 4 rings (SSSR count). The van der Waals surface area contributed by atoms with Crippen LogP contribution in [0.15, 0.2) is 59.6 Å². The first kappa shape index (κ1) is 33.1. The number of sulfonamides is 1. The number of alkyl halides is 1. The number of carbonyl (C=O) groups excluding carboxylic acids is 2. The fourth-order valence-corrected chi connectivity index (χ4v) is 7.92. The maximum atomic E-state index is 13.6. The SMILES string of the molecule is CC(I)NC(=O)OC1CCC(c2ncc(-c3ccc(NC(=O)NCc4ccccc4)cc3S(=O)(=O)NC(C)(C)C)s2)CC1. The molecule has 1 aliphatic carbocycles. The molecule has 3 aromatic rings. The minimum absolute atomic E-state index is 0.0101. The van der Waals surface area contributed by atoms with E-state index in [0.717, 1.165) is 41.1 Å². The maximum Gasteiger partial charge on any atom is 0.408 e. The molecule has 1 aliphatic rings. The highest BCUT2D eigenvalue weighted by Crippen LogP contribution is 2.40. The predicted molar refractivity (Wildman–Crippen MR) is 178 cm³/mol. The third kappa shape index (κ3) is 9.88. The molecule has 1 atom stereocenters. The number of alkyl carbamates (subject to hydrolysis) is 1. The van der Waals surface area contributed by atoms with Crippen LogP contribution in [0.5, 0.6) is 0 Å². The Morgan fingerprint density at radius 2 is 1.79 bits per heavy atom. The van der Waals surface area contributed by atoms with E-state index in [-0.39, 0.29) is 21.0 Å². The van der Waals surface area contributed by atoms with Crippen LogP contribution in [0.4, 0.5) is 15.3 Å². The van der Waals surface area contributed by atoms with E-state index in [1.807, 2.05) is 37.3 Å². The Morgan fingerprint density at radius 1 is 1.09 bits per heavy atom. The van der Waals surface area contributed by atoms with E-state index in [1.54, 1.807) is 39.1 Å². The Bertz CT molecular complexity index is 1520. The zero-order chi connectivity index (χ0) is 31.2. The van der Waals surface area contributed by atoms with Crippen LogP contribution in [0.25, 0.3) is 10.4 Å². The molecule has 1 aromatic heterocycles. The summed E-state index contributed by atoms with van der Waals surface area (Å²) >= 11 is 3.58. The van der Waals surface area contributed by atoms with Gasteiger partial charge in [0.15, 0.2) is 0 Å². The number of thiazole rings is 1. The van der Waals surface area contributed by atoms with Crippen molar-refractivity contribution in [2.75, 3.05) is 5.32 Å². The summed E-state index contributed by atoms with van der Waals surface area (Å²) in [5.41, 5.74) is 1.10. The molecule has 1 saturated carbocycles. The van der Waals surface area contributed by atoms with E-state index in [2.05, 4.69) is 48.2 Å². The number of urea groups is 1. The van der Waals surface area contributed by atoms with Crippen LogP contribution in [0, 0.1) is 0 Å². The number of carbonyl (C=O) groups is 2. The molecule has 4 N–H and O–H groups in total. The van der Waals surface area contributed by atoms with Crippen LogP contribution in [0.3, 0.4) is 0 Å². The Hall–Kier alpha value is -2.75. The molecule has 232 valence electrons. The van der Waals surface area contributed by atoms with Crippen molar-refractivity contribution in [2.45, 2.75) is 86.4 Å². The van der Waals surface area contributed by atoms with Crippen molar-refractivity contribution >= 4 is 61.8 Å². The Labute approximate surface area is 271 Å². The second-order valence-corrected chi connectivity index (χ2v) is 16.1. The molecule has 1 unspecified atom stereocenters. The summed E-state index contributed by atoms with van der Waals surface area (Å²) < 4.78 is 35.4. The van der Waals surface area contributed by atoms with Crippen LogP contribution >= 0.6 is 33.9 Å².